The Morgan fingerprint density at radius 1 is 1.17 bits per heavy atom. The maximum absolute atomic E-state index is 14.3. The molecule has 0 saturated heterocycles. The van der Waals surface area contributed by atoms with Gasteiger partial charge in [-0.05, 0) is 38.0 Å². The largest absolute Gasteiger partial charge is 0.360 e. The number of hydrogen-bond donors (Lipinski definition) is 1. The maximum atomic E-state index is 14.3. The number of thioether (sulfide) groups is 1. The first kappa shape index (κ1) is 18.1. The van der Waals surface area contributed by atoms with Crippen LogP contribution in [-0.2, 0) is 0 Å². The number of hydrogen-bond acceptors (Lipinski definition) is 4. The topological polar surface area (TPSA) is 63.6 Å². The van der Waals surface area contributed by atoms with Gasteiger partial charge in [-0.25, -0.2) is 4.39 Å². The minimum absolute atomic E-state index is 0.0326. The fourth-order valence-electron chi connectivity index (χ4n) is 3.55. The van der Waals surface area contributed by atoms with Crippen molar-refractivity contribution in [1.29, 1.82) is 0 Å². The minimum atomic E-state index is -0.343. The number of nitrogens with one attached hydrogen (secondary N) is 1. The van der Waals surface area contributed by atoms with Crippen molar-refractivity contribution < 1.29 is 9.18 Å². The molecule has 146 valence electrons. The van der Waals surface area contributed by atoms with E-state index in [0.717, 1.165) is 23.7 Å². The summed E-state index contributed by atoms with van der Waals surface area (Å²) in [6, 6.07) is 14.6. The van der Waals surface area contributed by atoms with Gasteiger partial charge in [0, 0.05) is 28.7 Å². The van der Waals surface area contributed by atoms with Crippen LogP contribution in [0.25, 0.3) is 22.3 Å². The molecule has 0 aliphatic heterocycles. The van der Waals surface area contributed by atoms with Gasteiger partial charge >= 0.3 is 0 Å². The number of aromatic nitrogens is 4. The Morgan fingerprint density at radius 2 is 1.93 bits per heavy atom. The average molecular weight is 406 g/mol. The number of Topliss-reactive ketones (excluding diaryl/α,β-unsaturated/α-hetero) is 1. The smallest absolute Gasteiger partial charge is 0.192 e. The molecule has 1 fully saturated rings. The van der Waals surface area contributed by atoms with Crippen LogP contribution in [0.5, 0.6) is 0 Å². The van der Waals surface area contributed by atoms with Gasteiger partial charge in [-0.15, -0.1) is 10.2 Å². The molecule has 29 heavy (non-hydrogen) atoms. The summed E-state index contributed by atoms with van der Waals surface area (Å²) < 4.78 is 16.3. The van der Waals surface area contributed by atoms with Crippen LogP contribution < -0.4 is 0 Å². The molecule has 1 aliphatic rings. The number of fused-ring (bicyclic) bond motifs is 1. The zero-order valence-electron chi connectivity index (χ0n) is 15.8. The van der Waals surface area contributed by atoms with Crippen LogP contribution in [0.4, 0.5) is 4.39 Å². The molecular formula is C22H19FN4OS. The van der Waals surface area contributed by atoms with Crippen molar-refractivity contribution in [2.24, 2.45) is 0 Å². The summed E-state index contributed by atoms with van der Waals surface area (Å²) in [4.78, 5) is 16.2. The summed E-state index contributed by atoms with van der Waals surface area (Å²) in [6.07, 6.45) is 3.79. The highest BCUT2D eigenvalue weighted by molar-refractivity contribution is 8.00. The summed E-state index contributed by atoms with van der Waals surface area (Å²) in [5.41, 5.74) is 2.05. The van der Waals surface area contributed by atoms with E-state index in [1.807, 2.05) is 35.8 Å². The summed E-state index contributed by atoms with van der Waals surface area (Å²) in [6.45, 7) is 1.88. The van der Waals surface area contributed by atoms with Crippen molar-refractivity contribution in [3.63, 3.8) is 0 Å². The summed E-state index contributed by atoms with van der Waals surface area (Å²) in [7, 11) is 0. The van der Waals surface area contributed by atoms with E-state index in [-0.39, 0.29) is 22.9 Å². The van der Waals surface area contributed by atoms with Gasteiger partial charge in [0.2, 0.25) is 0 Å². The predicted molar refractivity (Wildman–Crippen MR) is 112 cm³/mol. The lowest BCUT2D eigenvalue weighted by Crippen LogP contribution is -2.14. The van der Waals surface area contributed by atoms with Crippen LogP contribution in [0, 0.1) is 5.82 Å². The molecule has 1 aliphatic carbocycles. The molecule has 2 aromatic carbocycles. The molecule has 0 radical (unpaired) electrons. The molecular weight excluding hydrogens is 387 g/mol. The Kier molecular flexibility index (Phi) is 4.47. The van der Waals surface area contributed by atoms with Crippen molar-refractivity contribution in [3.8, 4) is 11.4 Å². The van der Waals surface area contributed by atoms with Gasteiger partial charge < -0.3 is 4.98 Å². The Morgan fingerprint density at radius 3 is 2.72 bits per heavy atom. The Hall–Kier alpha value is -2.93. The number of nitrogens with zero attached hydrogens (tertiary/aromatic N) is 3. The van der Waals surface area contributed by atoms with Crippen molar-refractivity contribution in [2.75, 3.05) is 0 Å². The lowest BCUT2D eigenvalue weighted by Gasteiger charge is -2.12. The van der Waals surface area contributed by atoms with Crippen LogP contribution in [0.2, 0.25) is 0 Å². The standard InChI is InChI=1S/C22H19FN4OS/c1-13(20(28)17-12-24-19-9-5-3-6-15(17)19)29-22-26-25-21(27(22)14-10-11-14)16-7-2-4-8-18(16)23/h2-9,12-14,24H,10-11H2,1H3. The highest BCUT2D eigenvalue weighted by atomic mass is 32.2. The van der Waals surface area contributed by atoms with Crippen molar-refractivity contribution in [2.45, 2.75) is 36.2 Å². The monoisotopic (exact) mass is 406 g/mol. The number of benzene rings is 2. The molecule has 1 atom stereocenters. The predicted octanol–water partition coefficient (Wildman–Crippen LogP) is 5.26. The summed E-state index contributed by atoms with van der Waals surface area (Å²) in [5.74, 6) is 0.242. The second-order valence-corrected chi connectivity index (χ2v) is 8.57. The van der Waals surface area contributed by atoms with E-state index in [1.54, 1.807) is 24.4 Å². The van der Waals surface area contributed by atoms with E-state index in [4.69, 9.17) is 0 Å². The highest BCUT2D eigenvalue weighted by Gasteiger charge is 2.32. The molecule has 7 heteroatoms. The summed E-state index contributed by atoms with van der Waals surface area (Å²) >= 11 is 1.38. The van der Waals surface area contributed by atoms with Crippen LogP contribution in [0.1, 0.15) is 36.2 Å². The van der Waals surface area contributed by atoms with E-state index >= 15 is 0 Å². The van der Waals surface area contributed by atoms with Crippen molar-refractivity contribution in [3.05, 3.63) is 66.1 Å². The molecule has 2 aromatic heterocycles. The van der Waals surface area contributed by atoms with Crippen molar-refractivity contribution >= 4 is 28.4 Å². The molecule has 0 bridgehead atoms. The zero-order chi connectivity index (χ0) is 20.0. The first-order valence-electron chi connectivity index (χ1n) is 9.60. The first-order valence-corrected chi connectivity index (χ1v) is 10.5. The normalized spacial score (nSPS) is 15.0. The third-order valence-electron chi connectivity index (χ3n) is 5.20. The van der Waals surface area contributed by atoms with E-state index in [1.165, 1.54) is 17.8 Å². The number of carbonyl (C=O) groups excluding carboxylic acids is 1. The quantitative estimate of drug-likeness (QED) is 0.350. The number of ketones is 1. The molecule has 5 nitrogen and oxygen atoms in total. The number of carbonyl (C=O) groups is 1. The van der Waals surface area contributed by atoms with Gasteiger partial charge in [-0.1, -0.05) is 42.1 Å². The fraction of sp³-hybridized carbons (Fsp3) is 0.227. The van der Waals surface area contributed by atoms with E-state index in [2.05, 4.69) is 15.2 Å². The average Bonchev–Trinajstić information content (AvgIpc) is 3.35. The SMILES string of the molecule is CC(Sc1nnc(-c2ccccc2F)n1C1CC1)C(=O)c1c[nH]c2ccccc12. The third-order valence-corrected chi connectivity index (χ3v) is 6.25. The van der Waals surface area contributed by atoms with Crippen LogP contribution in [0.15, 0.2) is 59.9 Å². The Labute approximate surface area is 171 Å². The second kappa shape index (κ2) is 7.15. The van der Waals surface area contributed by atoms with Gasteiger partial charge in [0.25, 0.3) is 0 Å². The van der Waals surface area contributed by atoms with Gasteiger partial charge in [-0.2, -0.15) is 0 Å². The fourth-order valence-corrected chi connectivity index (χ4v) is 4.54. The molecule has 0 amide bonds. The number of para-hydroxylation sites is 1. The van der Waals surface area contributed by atoms with Gasteiger partial charge in [0.1, 0.15) is 5.82 Å². The molecule has 4 aromatic rings. The molecule has 5 rings (SSSR count). The lowest BCUT2D eigenvalue weighted by molar-refractivity contribution is 0.0995. The third kappa shape index (κ3) is 3.25. The molecule has 1 saturated carbocycles. The first-order chi connectivity index (χ1) is 14.1. The molecule has 1 N–H and O–H groups in total. The zero-order valence-corrected chi connectivity index (χ0v) is 16.6. The Bertz CT molecular complexity index is 1210. The van der Waals surface area contributed by atoms with Gasteiger partial charge in [0.15, 0.2) is 16.8 Å². The molecule has 2 heterocycles. The highest BCUT2D eigenvalue weighted by Crippen LogP contribution is 2.42. The van der Waals surface area contributed by atoms with Gasteiger partial charge in [-0.3, -0.25) is 9.36 Å². The maximum Gasteiger partial charge on any atom is 0.192 e. The number of rotatable bonds is 6. The Balaban J connectivity index is 1.46. The summed E-state index contributed by atoms with van der Waals surface area (Å²) in [5, 5.41) is 9.81. The molecule has 1 unspecified atom stereocenters. The number of H-pyrrole nitrogens is 1. The van der Waals surface area contributed by atoms with Gasteiger partial charge in [0.05, 0.1) is 10.8 Å². The number of aromatic amines is 1. The lowest BCUT2D eigenvalue weighted by atomic mass is 10.1. The van der Waals surface area contributed by atoms with Crippen molar-refractivity contribution in [1.82, 2.24) is 19.7 Å². The van der Waals surface area contributed by atoms with Crippen LogP contribution in [-0.4, -0.2) is 30.8 Å². The minimum Gasteiger partial charge on any atom is -0.360 e. The van der Waals surface area contributed by atoms with Crippen LogP contribution in [0.3, 0.4) is 0 Å². The molecule has 0 spiro atoms. The number of halogens is 1. The van der Waals surface area contributed by atoms with E-state index in [9.17, 15) is 9.18 Å². The van der Waals surface area contributed by atoms with Crippen LogP contribution >= 0.6 is 11.8 Å². The van der Waals surface area contributed by atoms with E-state index in [0.29, 0.717) is 22.1 Å². The van der Waals surface area contributed by atoms with E-state index < -0.39 is 0 Å². The second-order valence-electron chi connectivity index (χ2n) is 7.26.